The minimum absolute atomic E-state index is 0.0982. The molecule has 1 aliphatic heterocycles. The number of nitriles is 1. The van der Waals surface area contributed by atoms with Crippen molar-refractivity contribution in [2.24, 2.45) is 0 Å². The second-order valence-electron chi connectivity index (χ2n) is 6.37. The van der Waals surface area contributed by atoms with E-state index in [1.54, 1.807) is 11.0 Å². The van der Waals surface area contributed by atoms with Crippen molar-refractivity contribution in [3.05, 3.63) is 69.0 Å². The Hall–Kier alpha value is -3.47. The number of non-ortho nitro benzene ring substituents is 1. The first-order valence-corrected chi connectivity index (χ1v) is 8.38. The van der Waals surface area contributed by atoms with Gasteiger partial charge in [0.2, 0.25) is 5.91 Å². The van der Waals surface area contributed by atoms with E-state index >= 15 is 0 Å². The van der Waals surface area contributed by atoms with Crippen LogP contribution >= 0.6 is 0 Å². The van der Waals surface area contributed by atoms with Gasteiger partial charge >= 0.3 is 0 Å². The van der Waals surface area contributed by atoms with Crippen LogP contribution < -0.4 is 5.32 Å². The fourth-order valence-corrected chi connectivity index (χ4v) is 3.25. The number of nitrogens with zero attached hydrogens (tertiary/aromatic N) is 3. The molecule has 2 aromatic carbocycles. The van der Waals surface area contributed by atoms with Crippen molar-refractivity contribution in [3.63, 3.8) is 0 Å². The fourth-order valence-electron chi connectivity index (χ4n) is 3.25. The van der Waals surface area contributed by atoms with Crippen molar-refractivity contribution in [1.29, 1.82) is 5.26 Å². The molecule has 0 spiro atoms. The third-order valence-electron chi connectivity index (χ3n) is 4.64. The summed E-state index contributed by atoms with van der Waals surface area (Å²) in [6.45, 7) is 2.25. The van der Waals surface area contributed by atoms with E-state index in [2.05, 4.69) is 5.32 Å². The number of benzene rings is 2. The van der Waals surface area contributed by atoms with Gasteiger partial charge in [0, 0.05) is 32.1 Å². The average molecular weight is 368 g/mol. The highest BCUT2D eigenvalue weighted by Gasteiger charge is 2.25. The Labute approximate surface area is 155 Å². The van der Waals surface area contributed by atoms with Crippen molar-refractivity contribution in [2.45, 2.75) is 25.9 Å². The molecule has 8 heteroatoms. The lowest BCUT2D eigenvalue weighted by atomic mass is 9.98. The van der Waals surface area contributed by atoms with E-state index in [1.807, 2.05) is 6.07 Å². The van der Waals surface area contributed by atoms with Gasteiger partial charge in [-0.3, -0.25) is 14.9 Å². The monoisotopic (exact) mass is 368 g/mol. The maximum atomic E-state index is 13.7. The SMILES string of the molecule is CC(=O)N1CCC(Nc2ccc([N+](=O)[O-])cc2C#N)c2ccc(F)cc2C1. The highest BCUT2D eigenvalue weighted by Crippen LogP contribution is 2.32. The molecule has 7 nitrogen and oxygen atoms in total. The number of hydrogen-bond donors (Lipinski definition) is 1. The van der Waals surface area contributed by atoms with Crippen molar-refractivity contribution in [2.75, 3.05) is 11.9 Å². The number of fused-ring (bicyclic) bond motifs is 1. The normalized spacial score (nSPS) is 16.0. The molecule has 0 saturated heterocycles. The van der Waals surface area contributed by atoms with E-state index < -0.39 is 4.92 Å². The number of nitro groups is 1. The number of rotatable bonds is 3. The molecular weight excluding hydrogens is 351 g/mol. The van der Waals surface area contributed by atoms with Crippen LogP contribution in [0.1, 0.15) is 36.1 Å². The summed E-state index contributed by atoms with van der Waals surface area (Å²) >= 11 is 0. The van der Waals surface area contributed by atoms with Gasteiger partial charge in [0.1, 0.15) is 11.9 Å². The Balaban J connectivity index is 1.97. The smallest absolute Gasteiger partial charge is 0.270 e. The summed E-state index contributed by atoms with van der Waals surface area (Å²) in [6.07, 6.45) is 0.556. The van der Waals surface area contributed by atoms with Crippen LogP contribution in [0.25, 0.3) is 0 Å². The van der Waals surface area contributed by atoms with Gasteiger partial charge in [-0.05, 0) is 35.7 Å². The Kier molecular flexibility index (Phi) is 5.03. The minimum Gasteiger partial charge on any atom is -0.377 e. The lowest BCUT2D eigenvalue weighted by molar-refractivity contribution is -0.384. The van der Waals surface area contributed by atoms with Gasteiger partial charge in [-0.2, -0.15) is 5.26 Å². The van der Waals surface area contributed by atoms with Crippen molar-refractivity contribution >= 4 is 17.3 Å². The Morgan fingerprint density at radius 3 is 2.81 bits per heavy atom. The summed E-state index contributed by atoms with van der Waals surface area (Å²) in [5.41, 5.74) is 1.98. The molecule has 138 valence electrons. The van der Waals surface area contributed by atoms with Gasteiger partial charge in [0.15, 0.2) is 0 Å². The molecule has 1 heterocycles. The largest absolute Gasteiger partial charge is 0.377 e. The molecule has 3 rings (SSSR count). The highest BCUT2D eigenvalue weighted by atomic mass is 19.1. The molecule has 1 amide bonds. The molecule has 1 aliphatic rings. The van der Waals surface area contributed by atoms with E-state index in [0.717, 1.165) is 5.56 Å². The van der Waals surface area contributed by atoms with E-state index in [-0.39, 0.29) is 29.0 Å². The zero-order valence-corrected chi connectivity index (χ0v) is 14.6. The van der Waals surface area contributed by atoms with Gasteiger partial charge in [0.05, 0.1) is 22.2 Å². The van der Waals surface area contributed by atoms with E-state index in [9.17, 15) is 24.6 Å². The molecule has 1 N–H and O–H groups in total. The molecule has 27 heavy (non-hydrogen) atoms. The van der Waals surface area contributed by atoms with Gasteiger partial charge < -0.3 is 10.2 Å². The van der Waals surface area contributed by atoms with E-state index in [1.165, 1.54) is 37.3 Å². The molecule has 1 unspecified atom stereocenters. The van der Waals surface area contributed by atoms with Crippen molar-refractivity contribution in [1.82, 2.24) is 4.90 Å². The number of amides is 1. The molecule has 0 radical (unpaired) electrons. The number of anilines is 1. The highest BCUT2D eigenvalue weighted by molar-refractivity contribution is 5.73. The molecule has 0 aliphatic carbocycles. The van der Waals surface area contributed by atoms with Crippen LogP contribution in [0.15, 0.2) is 36.4 Å². The first-order chi connectivity index (χ1) is 12.9. The number of carbonyl (C=O) groups excluding carboxylic acids is 1. The lowest BCUT2D eigenvalue weighted by Gasteiger charge is -2.21. The number of hydrogen-bond acceptors (Lipinski definition) is 5. The predicted molar refractivity (Wildman–Crippen MR) is 96.3 cm³/mol. The lowest BCUT2D eigenvalue weighted by Crippen LogP contribution is -2.28. The summed E-state index contributed by atoms with van der Waals surface area (Å²) in [4.78, 5) is 23.8. The topological polar surface area (TPSA) is 99.3 Å². The second kappa shape index (κ2) is 7.41. The third-order valence-corrected chi connectivity index (χ3v) is 4.64. The van der Waals surface area contributed by atoms with Crippen molar-refractivity contribution < 1.29 is 14.1 Å². The molecule has 1 atom stereocenters. The van der Waals surface area contributed by atoms with Crippen LogP contribution in [0.4, 0.5) is 15.8 Å². The molecule has 0 fully saturated rings. The van der Waals surface area contributed by atoms with Crippen LogP contribution in [0, 0.1) is 27.3 Å². The number of nitro benzene ring substituents is 1. The third kappa shape index (κ3) is 3.87. The summed E-state index contributed by atoms with van der Waals surface area (Å²) < 4.78 is 13.7. The Morgan fingerprint density at radius 1 is 1.37 bits per heavy atom. The molecule has 0 saturated carbocycles. The Morgan fingerprint density at radius 2 is 2.15 bits per heavy atom. The molecule has 2 aromatic rings. The maximum Gasteiger partial charge on any atom is 0.270 e. The first-order valence-electron chi connectivity index (χ1n) is 8.38. The summed E-state index contributed by atoms with van der Waals surface area (Å²) in [5, 5.41) is 23.5. The van der Waals surface area contributed by atoms with Crippen LogP contribution in [0.5, 0.6) is 0 Å². The summed E-state index contributed by atoms with van der Waals surface area (Å²) in [5.74, 6) is -0.482. The average Bonchev–Trinajstić information content (AvgIpc) is 2.81. The Bertz CT molecular complexity index is 954. The summed E-state index contributed by atoms with van der Waals surface area (Å²) in [7, 11) is 0. The minimum atomic E-state index is -0.556. The van der Waals surface area contributed by atoms with E-state index in [0.29, 0.717) is 30.8 Å². The van der Waals surface area contributed by atoms with Crippen molar-refractivity contribution in [3.8, 4) is 6.07 Å². The molecule has 0 bridgehead atoms. The second-order valence-corrected chi connectivity index (χ2v) is 6.37. The quantitative estimate of drug-likeness (QED) is 0.660. The van der Waals surface area contributed by atoms with Crippen LogP contribution in [0.3, 0.4) is 0 Å². The molecule has 0 aromatic heterocycles. The number of nitrogens with one attached hydrogen (secondary N) is 1. The van der Waals surface area contributed by atoms with Crippen LogP contribution in [0.2, 0.25) is 0 Å². The molecular formula is C19H17FN4O3. The maximum absolute atomic E-state index is 13.7. The van der Waals surface area contributed by atoms with Gasteiger partial charge in [0.25, 0.3) is 5.69 Å². The zero-order valence-electron chi connectivity index (χ0n) is 14.6. The number of carbonyl (C=O) groups is 1. The number of halogens is 1. The van der Waals surface area contributed by atoms with E-state index in [4.69, 9.17) is 0 Å². The van der Waals surface area contributed by atoms with Gasteiger partial charge in [-0.25, -0.2) is 4.39 Å². The van der Waals surface area contributed by atoms with Gasteiger partial charge in [-0.15, -0.1) is 0 Å². The van der Waals surface area contributed by atoms with Crippen LogP contribution in [-0.4, -0.2) is 22.3 Å². The standard InChI is InChI=1S/C19H17FN4O3/c1-12(25)23-7-6-19(17-4-2-15(20)8-14(17)11-23)22-18-5-3-16(24(26)27)9-13(18)10-21/h2-5,8-9,19,22H,6-7,11H2,1H3. The van der Waals surface area contributed by atoms with Gasteiger partial charge in [-0.1, -0.05) is 6.07 Å². The predicted octanol–water partition coefficient (Wildman–Crippen LogP) is 3.51. The first kappa shape index (κ1) is 18.3. The zero-order chi connectivity index (χ0) is 19.6. The fraction of sp³-hybridized carbons (Fsp3) is 0.263. The summed E-state index contributed by atoms with van der Waals surface area (Å²) in [6, 6.07) is 10.2. The van der Waals surface area contributed by atoms with Crippen LogP contribution in [-0.2, 0) is 11.3 Å².